The van der Waals surface area contributed by atoms with Gasteiger partial charge in [0.15, 0.2) is 0 Å². The summed E-state index contributed by atoms with van der Waals surface area (Å²) in [6.07, 6.45) is 6.13. The van der Waals surface area contributed by atoms with Crippen molar-refractivity contribution in [1.29, 1.82) is 0 Å². The maximum absolute atomic E-state index is 11.8. The average Bonchev–Trinajstić information content (AvgIpc) is 2.90. The fourth-order valence-electron chi connectivity index (χ4n) is 1.77. The van der Waals surface area contributed by atoms with Crippen LogP contribution in [0.15, 0.2) is 34.5 Å². The van der Waals surface area contributed by atoms with Crippen molar-refractivity contribution in [2.45, 2.75) is 42.9 Å². The van der Waals surface area contributed by atoms with Crippen LogP contribution in [-0.4, -0.2) is 21.9 Å². The van der Waals surface area contributed by atoms with Gasteiger partial charge in [-0.05, 0) is 44.7 Å². The molecule has 1 N–H and O–H groups in total. The highest BCUT2D eigenvalue weighted by Crippen LogP contribution is 2.20. The van der Waals surface area contributed by atoms with Gasteiger partial charge in [0.1, 0.15) is 0 Å². The number of carbonyl (C=O) groups is 1. The Morgan fingerprint density at radius 3 is 2.89 bits per heavy atom. The molecule has 1 aromatic heterocycles. The van der Waals surface area contributed by atoms with Crippen LogP contribution >= 0.6 is 11.8 Å². The van der Waals surface area contributed by atoms with Crippen molar-refractivity contribution in [3.8, 4) is 0 Å². The van der Waals surface area contributed by atoms with E-state index < -0.39 is 0 Å². The molecule has 1 aliphatic carbocycles. The third kappa shape index (κ3) is 3.84. The molecule has 0 spiro atoms. The molecule has 0 saturated heterocycles. The SMILES string of the molecule is C[C@H](Sc1ccccn1)C(=O)NN=C1CCCC1. The van der Waals surface area contributed by atoms with Gasteiger partial charge in [0.25, 0.3) is 5.91 Å². The fourth-order valence-corrected chi connectivity index (χ4v) is 2.57. The number of nitrogens with one attached hydrogen (secondary N) is 1. The molecule has 4 nitrogen and oxygen atoms in total. The number of aromatic nitrogens is 1. The Labute approximate surface area is 111 Å². The van der Waals surface area contributed by atoms with E-state index in [1.807, 2.05) is 25.1 Å². The number of thioether (sulfide) groups is 1. The van der Waals surface area contributed by atoms with Crippen molar-refractivity contribution in [3.63, 3.8) is 0 Å². The van der Waals surface area contributed by atoms with Gasteiger partial charge in [0, 0.05) is 11.9 Å². The first kappa shape index (κ1) is 13.1. The largest absolute Gasteiger partial charge is 0.272 e. The van der Waals surface area contributed by atoms with Crippen LogP contribution in [0.5, 0.6) is 0 Å². The van der Waals surface area contributed by atoms with E-state index in [2.05, 4.69) is 15.5 Å². The molecule has 1 aliphatic rings. The first-order valence-electron chi connectivity index (χ1n) is 6.18. The molecule has 1 saturated carbocycles. The van der Waals surface area contributed by atoms with E-state index in [-0.39, 0.29) is 11.2 Å². The monoisotopic (exact) mass is 263 g/mol. The summed E-state index contributed by atoms with van der Waals surface area (Å²) < 4.78 is 0. The number of hydrogen-bond donors (Lipinski definition) is 1. The van der Waals surface area contributed by atoms with Gasteiger partial charge in [-0.15, -0.1) is 0 Å². The molecule has 1 atom stereocenters. The van der Waals surface area contributed by atoms with Crippen molar-refractivity contribution in [2.24, 2.45) is 5.10 Å². The second kappa shape index (κ2) is 6.54. The van der Waals surface area contributed by atoms with Crippen LogP contribution < -0.4 is 5.43 Å². The molecule has 18 heavy (non-hydrogen) atoms. The Kier molecular flexibility index (Phi) is 4.75. The highest BCUT2D eigenvalue weighted by molar-refractivity contribution is 8.00. The molecule has 5 heteroatoms. The topological polar surface area (TPSA) is 54.4 Å². The molecular weight excluding hydrogens is 246 g/mol. The van der Waals surface area contributed by atoms with Crippen LogP contribution in [-0.2, 0) is 4.79 Å². The van der Waals surface area contributed by atoms with E-state index >= 15 is 0 Å². The Bertz CT molecular complexity index is 425. The summed E-state index contributed by atoms with van der Waals surface area (Å²) in [5, 5.41) is 4.84. The lowest BCUT2D eigenvalue weighted by atomic mass is 10.3. The minimum absolute atomic E-state index is 0.0648. The highest BCUT2D eigenvalue weighted by atomic mass is 32.2. The summed E-state index contributed by atoms with van der Waals surface area (Å²) in [7, 11) is 0. The van der Waals surface area contributed by atoms with Crippen molar-refractivity contribution < 1.29 is 4.79 Å². The van der Waals surface area contributed by atoms with Crippen LogP contribution in [0.3, 0.4) is 0 Å². The van der Waals surface area contributed by atoms with E-state index in [0.717, 1.165) is 23.6 Å². The normalized spacial score (nSPS) is 16.4. The van der Waals surface area contributed by atoms with Gasteiger partial charge in [-0.2, -0.15) is 5.10 Å². The van der Waals surface area contributed by atoms with Crippen molar-refractivity contribution in [3.05, 3.63) is 24.4 Å². The number of amides is 1. The lowest BCUT2D eigenvalue weighted by Crippen LogP contribution is -2.27. The molecule has 2 rings (SSSR count). The average molecular weight is 263 g/mol. The van der Waals surface area contributed by atoms with Gasteiger partial charge >= 0.3 is 0 Å². The number of rotatable bonds is 4. The Morgan fingerprint density at radius 1 is 1.44 bits per heavy atom. The summed E-state index contributed by atoms with van der Waals surface area (Å²) in [6.45, 7) is 1.86. The number of carbonyl (C=O) groups excluding carboxylic acids is 1. The minimum atomic E-state index is -0.189. The summed E-state index contributed by atoms with van der Waals surface area (Å²) in [5.41, 5.74) is 3.75. The third-order valence-electron chi connectivity index (χ3n) is 2.81. The third-order valence-corrected chi connectivity index (χ3v) is 3.86. The minimum Gasteiger partial charge on any atom is -0.272 e. The number of nitrogens with zero attached hydrogens (tertiary/aromatic N) is 2. The van der Waals surface area contributed by atoms with Crippen molar-refractivity contribution in [2.75, 3.05) is 0 Å². The van der Waals surface area contributed by atoms with Crippen LogP contribution in [0.2, 0.25) is 0 Å². The molecule has 0 aromatic carbocycles. The standard InChI is InChI=1S/C13H17N3OS/c1-10(18-12-8-4-5-9-14-12)13(17)16-15-11-6-2-3-7-11/h4-5,8-10H,2-3,6-7H2,1H3,(H,16,17)/t10-/m0/s1. The summed E-state index contributed by atoms with van der Waals surface area (Å²) in [4.78, 5) is 16.0. The van der Waals surface area contributed by atoms with E-state index in [1.54, 1.807) is 6.20 Å². The quantitative estimate of drug-likeness (QED) is 0.671. The zero-order chi connectivity index (χ0) is 12.8. The lowest BCUT2D eigenvalue weighted by Gasteiger charge is -2.08. The van der Waals surface area contributed by atoms with Crippen LogP contribution in [0, 0.1) is 0 Å². The number of hydrazone groups is 1. The molecular formula is C13H17N3OS. The van der Waals surface area contributed by atoms with Gasteiger partial charge in [0.05, 0.1) is 10.3 Å². The predicted octanol–water partition coefficient (Wildman–Crippen LogP) is 2.61. The maximum Gasteiger partial charge on any atom is 0.253 e. The summed E-state index contributed by atoms with van der Waals surface area (Å²) in [5.74, 6) is -0.0648. The summed E-state index contributed by atoms with van der Waals surface area (Å²) >= 11 is 1.44. The molecule has 1 aromatic rings. The van der Waals surface area contributed by atoms with Gasteiger partial charge < -0.3 is 0 Å². The van der Waals surface area contributed by atoms with Gasteiger partial charge in [-0.1, -0.05) is 17.8 Å². The van der Waals surface area contributed by atoms with E-state index in [9.17, 15) is 4.79 Å². The Balaban J connectivity index is 1.83. The second-order valence-electron chi connectivity index (χ2n) is 4.29. The van der Waals surface area contributed by atoms with Crippen LogP contribution in [0.4, 0.5) is 0 Å². The molecule has 0 unspecified atom stereocenters. The molecule has 0 bridgehead atoms. The predicted molar refractivity (Wildman–Crippen MR) is 73.6 cm³/mol. The number of hydrogen-bond acceptors (Lipinski definition) is 4. The van der Waals surface area contributed by atoms with E-state index in [1.165, 1.54) is 24.6 Å². The molecule has 1 heterocycles. The Hall–Kier alpha value is -1.36. The van der Waals surface area contributed by atoms with Crippen molar-refractivity contribution >= 4 is 23.4 Å². The Morgan fingerprint density at radius 2 is 2.22 bits per heavy atom. The smallest absolute Gasteiger partial charge is 0.253 e. The highest BCUT2D eigenvalue weighted by Gasteiger charge is 2.15. The zero-order valence-corrected chi connectivity index (χ0v) is 11.2. The van der Waals surface area contributed by atoms with Crippen molar-refractivity contribution in [1.82, 2.24) is 10.4 Å². The zero-order valence-electron chi connectivity index (χ0n) is 10.4. The van der Waals surface area contributed by atoms with Crippen LogP contribution in [0.1, 0.15) is 32.6 Å². The second-order valence-corrected chi connectivity index (χ2v) is 5.65. The fraction of sp³-hybridized carbons (Fsp3) is 0.462. The first-order chi connectivity index (χ1) is 8.75. The number of pyridine rings is 1. The molecule has 1 amide bonds. The molecule has 1 fully saturated rings. The van der Waals surface area contributed by atoms with Crippen LogP contribution in [0.25, 0.3) is 0 Å². The first-order valence-corrected chi connectivity index (χ1v) is 7.06. The molecule has 96 valence electrons. The van der Waals surface area contributed by atoms with Gasteiger partial charge in [0.2, 0.25) is 0 Å². The maximum atomic E-state index is 11.8. The lowest BCUT2D eigenvalue weighted by molar-refractivity contribution is -0.120. The molecule has 0 radical (unpaired) electrons. The molecule has 0 aliphatic heterocycles. The van der Waals surface area contributed by atoms with Gasteiger partial charge in [-0.25, -0.2) is 10.4 Å². The summed E-state index contributed by atoms with van der Waals surface area (Å²) in [6, 6.07) is 5.68. The van der Waals surface area contributed by atoms with E-state index in [4.69, 9.17) is 0 Å². The van der Waals surface area contributed by atoms with Gasteiger partial charge in [-0.3, -0.25) is 4.79 Å². The van der Waals surface area contributed by atoms with E-state index in [0.29, 0.717) is 0 Å².